The molecule has 16 heavy (non-hydrogen) atoms. The molecule has 0 heterocycles. The first-order valence-electron chi connectivity index (χ1n) is 5.35. The van der Waals surface area contributed by atoms with Gasteiger partial charge in [0.25, 0.3) is 0 Å². The van der Waals surface area contributed by atoms with Gasteiger partial charge in [-0.1, -0.05) is 22.0 Å². The lowest BCUT2D eigenvalue weighted by Crippen LogP contribution is -2.17. The summed E-state index contributed by atoms with van der Waals surface area (Å²) in [5.74, 6) is 0.784. The maximum Gasteiger partial charge on any atom is 0.0244 e. The fourth-order valence-electron chi connectivity index (χ4n) is 1.48. The predicted octanol–water partition coefficient (Wildman–Crippen LogP) is 2.62. The van der Waals surface area contributed by atoms with Gasteiger partial charge in [0, 0.05) is 33.8 Å². The Morgan fingerprint density at radius 3 is 2.81 bits per heavy atom. The average molecular weight is 304 g/mol. The summed E-state index contributed by atoms with van der Waals surface area (Å²) >= 11 is 3.45. The van der Waals surface area contributed by atoms with Crippen molar-refractivity contribution in [2.75, 3.05) is 18.6 Å². The lowest BCUT2D eigenvalue weighted by atomic mass is 10.1. The maximum atomic E-state index is 10.8. The molecule has 0 aliphatic rings. The van der Waals surface area contributed by atoms with Gasteiger partial charge < -0.3 is 5.32 Å². The van der Waals surface area contributed by atoms with Crippen LogP contribution in [0.1, 0.15) is 17.5 Å². The predicted molar refractivity (Wildman–Crippen MR) is 74.1 cm³/mol. The van der Waals surface area contributed by atoms with Crippen molar-refractivity contribution >= 4 is 26.7 Å². The largest absolute Gasteiger partial charge is 0.313 e. The second kappa shape index (κ2) is 7.20. The summed E-state index contributed by atoms with van der Waals surface area (Å²) in [4.78, 5) is 0. The lowest BCUT2D eigenvalue weighted by Gasteiger charge is -2.07. The summed E-state index contributed by atoms with van der Waals surface area (Å²) in [5.41, 5.74) is 2.61. The third-order valence-corrected chi connectivity index (χ3v) is 3.76. The van der Waals surface area contributed by atoms with Crippen molar-refractivity contribution in [1.82, 2.24) is 5.32 Å². The molecule has 0 saturated carbocycles. The molecule has 1 atom stereocenters. The van der Waals surface area contributed by atoms with Gasteiger partial charge in [0.05, 0.1) is 0 Å². The van der Waals surface area contributed by atoms with Gasteiger partial charge in [-0.3, -0.25) is 4.21 Å². The molecule has 0 fully saturated rings. The number of halogens is 1. The monoisotopic (exact) mass is 303 g/mol. The van der Waals surface area contributed by atoms with Gasteiger partial charge in [0.15, 0.2) is 0 Å². The zero-order valence-corrected chi connectivity index (χ0v) is 12.2. The first-order chi connectivity index (χ1) is 7.59. The Morgan fingerprint density at radius 1 is 1.44 bits per heavy atom. The Balaban J connectivity index is 2.29. The Hall–Kier alpha value is -0.190. The number of rotatable bonds is 6. The van der Waals surface area contributed by atoms with Crippen LogP contribution in [0.15, 0.2) is 22.7 Å². The second-order valence-electron chi connectivity index (χ2n) is 3.88. The molecule has 0 aromatic heterocycles. The molecule has 0 radical (unpaired) electrons. The SMILES string of the molecule is Cc1cc(Br)ccc1CNCCCS(C)=O. The van der Waals surface area contributed by atoms with E-state index in [1.165, 1.54) is 11.1 Å². The van der Waals surface area contributed by atoms with Crippen molar-refractivity contribution in [3.8, 4) is 0 Å². The van der Waals surface area contributed by atoms with Crippen LogP contribution in [0.25, 0.3) is 0 Å². The normalized spacial score (nSPS) is 12.7. The van der Waals surface area contributed by atoms with E-state index in [0.29, 0.717) is 0 Å². The molecule has 0 bridgehead atoms. The topological polar surface area (TPSA) is 29.1 Å². The smallest absolute Gasteiger partial charge is 0.0244 e. The quantitative estimate of drug-likeness (QED) is 0.819. The van der Waals surface area contributed by atoms with Crippen molar-refractivity contribution in [1.29, 1.82) is 0 Å². The second-order valence-corrected chi connectivity index (χ2v) is 6.35. The molecule has 0 spiro atoms. The molecule has 0 aliphatic heterocycles. The minimum absolute atomic E-state index is 0.667. The first kappa shape index (κ1) is 13.9. The molecule has 2 nitrogen and oxygen atoms in total. The van der Waals surface area contributed by atoms with E-state index in [4.69, 9.17) is 0 Å². The molecule has 1 aromatic rings. The molecule has 1 N–H and O–H groups in total. The lowest BCUT2D eigenvalue weighted by molar-refractivity contribution is 0.661. The first-order valence-corrected chi connectivity index (χ1v) is 7.87. The highest BCUT2D eigenvalue weighted by atomic mass is 79.9. The Labute approximate surface area is 108 Å². The summed E-state index contributed by atoms with van der Waals surface area (Å²) in [6, 6.07) is 6.31. The van der Waals surface area contributed by atoms with Crippen molar-refractivity contribution in [2.24, 2.45) is 0 Å². The van der Waals surface area contributed by atoms with Gasteiger partial charge in [0.2, 0.25) is 0 Å². The number of hydrogen-bond donors (Lipinski definition) is 1. The van der Waals surface area contributed by atoms with Crippen LogP contribution in [0.2, 0.25) is 0 Å². The van der Waals surface area contributed by atoms with E-state index in [2.05, 4.69) is 46.4 Å². The van der Waals surface area contributed by atoms with Crippen molar-refractivity contribution in [2.45, 2.75) is 19.9 Å². The molecule has 1 unspecified atom stereocenters. The summed E-state index contributed by atoms with van der Waals surface area (Å²) in [7, 11) is -0.667. The third-order valence-electron chi connectivity index (χ3n) is 2.41. The summed E-state index contributed by atoms with van der Waals surface area (Å²) in [6.45, 7) is 3.92. The number of benzene rings is 1. The van der Waals surface area contributed by atoms with Crippen LogP contribution < -0.4 is 5.32 Å². The minimum atomic E-state index is -0.667. The van der Waals surface area contributed by atoms with Crippen molar-refractivity contribution in [3.05, 3.63) is 33.8 Å². The van der Waals surface area contributed by atoms with Crippen LogP contribution in [0, 0.1) is 6.92 Å². The summed E-state index contributed by atoms with van der Waals surface area (Å²) < 4.78 is 12.0. The van der Waals surface area contributed by atoms with Gasteiger partial charge in [0.1, 0.15) is 0 Å². The zero-order valence-electron chi connectivity index (χ0n) is 9.75. The summed E-state index contributed by atoms with van der Waals surface area (Å²) in [5, 5.41) is 3.37. The van der Waals surface area contributed by atoms with E-state index in [9.17, 15) is 4.21 Å². The summed E-state index contributed by atoms with van der Waals surface area (Å²) in [6.07, 6.45) is 2.72. The van der Waals surface area contributed by atoms with E-state index < -0.39 is 10.8 Å². The number of aryl methyl sites for hydroxylation is 1. The Kier molecular flexibility index (Phi) is 6.24. The van der Waals surface area contributed by atoms with Gasteiger partial charge in [-0.15, -0.1) is 0 Å². The minimum Gasteiger partial charge on any atom is -0.313 e. The fraction of sp³-hybridized carbons (Fsp3) is 0.500. The third kappa shape index (κ3) is 5.23. The highest BCUT2D eigenvalue weighted by Crippen LogP contribution is 2.15. The van der Waals surface area contributed by atoms with Crippen LogP contribution in [0.3, 0.4) is 0 Å². The highest BCUT2D eigenvalue weighted by Gasteiger charge is 1.98. The molecule has 1 rings (SSSR count). The molecular formula is C12H18BrNOS. The highest BCUT2D eigenvalue weighted by molar-refractivity contribution is 9.10. The average Bonchev–Trinajstić information content (AvgIpc) is 2.20. The van der Waals surface area contributed by atoms with E-state index in [0.717, 1.165) is 29.7 Å². The van der Waals surface area contributed by atoms with E-state index in [-0.39, 0.29) is 0 Å². The van der Waals surface area contributed by atoms with Gasteiger partial charge in [-0.2, -0.15) is 0 Å². The van der Waals surface area contributed by atoms with Crippen LogP contribution in [0.4, 0.5) is 0 Å². The van der Waals surface area contributed by atoms with Gasteiger partial charge in [-0.05, 0) is 43.1 Å². The molecule has 0 aliphatic carbocycles. The van der Waals surface area contributed by atoms with Crippen LogP contribution in [-0.4, -0.2) is 22.8 Å². The van der Waals surface area contributed by atoms with E-state index in [1.54, 1.807) is 6.26 Å². The standard InChI is InChI=1S/C12H18BrNOS/c1-10-8-12(13)5-4-11(10)9-14-6-3-7-16(2)15/h4-5,8,14H,3,6-7,9H2,1-2H3. The van der Waals surface area contributed by atoms with Crippen LogP contribution in [0.5, 0.6) is 0 Å². The Bertz CT molecular complexity index is 368. The fourth-order valence-corrected chi connectivity index (χ4v) is 2.51. The van der Waals surface area contributed by atoms with Crippen LogP contribution in [-0.2, 0) is 17.3 Å². The molecular weight excluding hydrogens is 286 g/mol. The van der Waals surface area contributed by atoms with Gasteiger partial charge in [-0.25, -0.2) is 0 Å². The molecule has 90 valence electrons. The number of nitrogens with one attached hydrogen (secondary N) is 1. The molecule has 1 aromatic carbocycles. The van der Waals surface area contributed by atoms with E-state index in [1.807, 2.05) is 0 Å². The van der Waals surface area contributed by atoms with Gasteiger partial charge >= 0.3 is 0 Å². The van der Waals surface area contributed by atoms with Crippen LogP contribution >= 0.6 is 15.9 Å². The van der Waals surface area contributed by atoms with E-state index >= 15 is 0 Å². The van der Waals surface area contributed by atoms with Crippen molar-refractivity contribution in [3.63, 3.8) is 0 Å². The molecule has 0 saturated heterocycles. The molecule has 0 amide bonds. The number of hydrogen-bond acceptors (Lipinski definition) is 2. The molecule has 4 heteroatoms. The maximum absolute atomic E-state index is 10.8. The Morgan fingerprint density at radius 2 is 2.19 bits per heavy atom. The van der Waals surface area contributed by atoms with Crippen molar-refractivity contribution < 1.29 is 4.21 Å². The zero-order chi connectivity index (χ0) is 12.0.